The Morgan fingerprint density at radius 1 is 1.15 bits per heavy atom. The third-order valence-electron chi connectivity index (χ3n) is 4.48. The molecule has 1 atom stereocenters. The molecule has 2 aromatic rings. The van der Waals surface area contributed by atoms with Gasteiger partial charge >= 0.3 is 0 Å². The van der Waals surface area contributed by atoms with Crippen LogP contribution in [0.25, 0.3) is 0 Å². The molecule has 1 unspecified atom stereocenters. The van der Waals surface area contributed by atoms with Gasteiger partial charge in [-0.3, -0.25) is 4.79 Å². The third kappa shape index (κ3) is 4.38. The summed E-state index contributed by atoms with van der Waals surface area (Å²) in [5.74, 6) is -0.743. The zero-order valence-electron chi connectivity index (χ0n) is 14.4. The molecular weight excluding hydrogens is 409 g/mol. The van der Waals surface area contributed by atoms with E-state index in [1.807, 2.05) is 0 Å². The van der Waals surface area contributed by atoms with E-state index in [2.05, 4.69) is 5.32 Å². The summed E-state index contributed by atoms with van der Waals surface area (Å²) in [6, 6.07) is 11.2. The molecule has 0 radical (unpaired) electrons. The van der Waals surface area contributed by atoms with Crippen LogP contribution in [0.3, 0.4) is 0 Å². The Kier molecular flexibility index (Phi) is 5.95. The number of rotatable bonds is 4. The first-order valence-corrected chi connectivity index (χ1v) is 10.6. The largest absolute Gasteiger partial charge is 0.396 e. The normalized spacial score (nSPS) is 18.2. The Hall–Kier alpha value is -1.80. The molecule has 0 aromatic heterocycles. The molecule has 3 rings (SSSR count). The number of nitrogens with one attached hydrogen (secondary N) is 1. The molecule has 27 heavy (non-hydrogen) atoms. The van der Waals surface area contributed by atoms with E-state index in [0.29, 0.717) is 25.1 Å². The van der Waals surface area contributed by atoms with Crippen molar-refractivity contribution >= 4 is 50.5 Å². The summed E-state index contributed by atoms with van der Waals surface area (Å²) in [7, 11) is -3.63. The lowest BCUT2D eigenvalue weighted by Gasteiger charge is -2.31. The van der Waals surface area contributed by atoms with Crippen LogP contribution in [-0.4, -0.2) is 31.7 Å². The Bertz CT molecular complexity index is 929. The minimum Gasteiger partial charge on any atom is -0.396 e. The van der Waals surface area contributed by atoms with E-state index in [1.54, 1.807) is 30.3 Å². The number of carbonyl (C=O) groups excluding carboxylic acids is 1. The van der Waals surface area contributed by atoms with Crippen molar-refractivity contribution in [2.24, 2.45) is 5.92 Å². The highest BCUT2D eigenvalue weighted by Gasteiger charge is 2.33. The second-order valence-electron chi connectivity index (χ2n) is 6.36. The molecule has 1 amide bonds. The number of nitrogens with two attached hydrogens (primary N) is 1. The minimum atomic E-state index is -3.63. The molecule has 1 fully saturated rings. The van der Waals surface area contributed by atoms with Crippen LogP contribution in [0.4, 0.5) is 11.4 Å². The molecule has 144 valence electrons. The van der Waals surface area contributed by atoms with E-state index in [1.165, 1.54) is 16.4 Å². The SMILES string of the molecule is Nc1c(Cl)cc(NC(=O)C2CCCN(S(=O)(=O)c3ccccc3)C2)cc1Cl. The van der Waals surface area contributed by atoms with Gasteiger partial charge in [0.05, 0.1) is 26.5 Å². The quantitative estimate of drug-likeness (QED) is 0.728. The number of benzene rings is 2. The van der Waals surface area contributed by atoms with Gasteiger partial charge in [-0.1, -0.05) is 41.4 Å². The molecule has 9 heteroatoms. The average Bonchev–Trinajstić information content (AvgIpc) is 2.67. The van der Waals surface area contributed by atoms with E-state index >= 15 is 0 Å². The molecule has 3 N–H and O–H groups in total. The number of sulfonamides is 1. The third-order valence-corrected chi connectivity index (χ3v) is 6.99. The maximum absolute atomic E-state index is 12.8. The number of carbonyl (C=O) groups is 1. The summed E-state index contributed by atoms with van der Waals surface area (Å²) in [6.45, 7) is 0.514. The van der Waals surface area contributed by atoms with Gasteiger partial charge in [-0.05, 0) is 37.1 Å². The van der Waals surface area contributed by atoms with Crippen LogP contribution in [0.1, 0.15) is 12.8 Å². The highest BCUT2D eigenvalue weighted by Crippen LogP contribution is 2.32. The lowest BCUT2D eigenvalue weighted by Crippen LogP contribution is -2.43. The van der Waals surface area contributed by atoms with Gasteiger partial charge in [-0.2, -0.15) is 4.31 Å². The monoisotopic (exact) mass is 427 g/mol. The van der Waals surface area contributed by atoms with Crippen molar-refractivity contribution in [3.05, 3.63) is 52.5 Å². The number of hydrogen-bond donors (Lipinski definition) is 2. The van der Waals surface area contributed by atoms with Crippen molar-refractivity contribution in [3.63, 3.8) is 0 Å². The molecule has 1 aliphatic heterocycles. The standard InChI is InChI=1S/C18H19Cl2N3O3S/c19-15-9-13(10-16(20)17(15)21)22-18(24)12-5-4-8-23(11-12)27(25,26)14-6-2-1-3-7-14/h1-3,6-7,9-10,12H,4-5,8,11,21H2,(H,22,24). The number of amides is 1. The smallest absolute Gasteiger partial charge is 0.243 e. The van der Waals surface area contributed by atoms with Gasteiger partial charge in [0.2, 0.25) is 15.9 Å². The lowest BCUT2D eigenvalue weighted by molar-refractivity contribution is -0.120. The highest BCUT2D eigenvalue weighted by atomic mass is 35.5. The summed E-state index contributed by atoms with van der Waals surface area (Å²) < 4.78 is 26.9. The van der Waals surface area contributed by atoms with Crippen LogP contribution >= 0.6 is 23.2 Å². The van der Waals surface area contributed by atoms with Crippen LogP contribution in [0, 0.1) is 5.92 Å². The molecule has 1 heterocycles. The van der Waals surface area contributed by atoms with Crippen molar-refractivity contribution in [1.82, 2.24) is 4.31 Å². The van der Waals surface area contributed by atoms with Crippen molar-refractivity contribution < 1.29 is 13.2 Å². The van der Waals surface area contributed by atoms with Crippen LogP contribution < -0.4 is 11.1 Å². The number of piperidine rings is 1. The maximum Gasteiger partial charge on any atom is 0.243 e. The van der Waals surface area contributed by atoms with Gasteiger partial charge in [-0.25, -0.2) is 8.42 Å². The zero-order chi connectivity index (χ0) is 19.6. The summed E-state index contributed by atoms with van der Waals surface area (Å²) in [6.07, 6.45) is 1.20. The molecular formula is C18H19Cl2N3O3S. The van der Waals surface area contributed by atoms with Crippen molar-refractivity contribution in [3.8, 4) is 0 Å². The van der Waals surface area contributed by atoms with Crippen molar-refractivity contribution in [1.29, 1.82) is 0 Å². The minimum absolute atomic E-state index is 0.125. The fourth-order valence-electron chi connectivity index (χ4n) is 3.02. The van der Waals surface area contributed by atoms with E-state index in [4.69, 9.17) is 28.9 Å². The number of nitrogens with zero attached hydrogens (tertiary/aromatic N) is 1. The van der Waals surface area contributed by atoms with Gasteiger partial charge in [0, 0.05) is 18.8 Å². The highest BCUT2D eigenvalue weighted by molar-refractivity contribution is 7.89. The summed E-state index contributed by atoms with van der Waals surface area (Å²) >= 11 is 12.0. The Labute approximate surface area is 168 Å². The molecule has 0 saturated carbocycles. The van der Waals surface area contributed by atoms with Gasteiger partial charge in [-0.15, -0.1) is 0 Å². The Morgan fingerprint density at radius 2 is 1.78 bits per heavy atom. The van der Waals surface area contributed by atoms with Gasteiger partial charge in [0.25, 0.3) is 0 Å². The zero-order valence-corrected chi connectivity index (χ0v) is 16.7. The predicted octanol–water partition coefficient (Wildman–Crippen LogP) is 3.62. The molecule has 1 saturated heterocycles. The van der Waals surface area contributed by atoms with Crippen molar-refractivity contribution in [2.75, 3.05) is 24.1 Å². The van der Waals surface area contributed by atoms with E-state index in [9.17, 15) is 13.2 Å². The predicted molar refractivity (Wildman–Crippen MR) is 107 cm³/mol. The van der Waals surface area contributed by atoms with E-state index in [-0.39, 0.29) is 33.1 Å². The Balaban J connectivity index is 1.73. The average molecular weight is 428 g/mol. The molecule has 6 nitrogen and oxygen atoms in total. The fraction of sp³-hybridized carbons (Fsp3) is 0.278. The molecule has 2 aromatic carbocycles. The first-order chi connectivity index (χ1) is 12.8. The first-order valence-electron chi connectivity index (χ1n) is 8.39. The van der Waals surface area contributed by atoms with E-state index in [0.717, 1.165) is 0 Å². The summed E-state index contributed by atoms with van der Waals surface area (Å²) in [4.78, 5) is 12.9. The molecule has 0 spiro atoms. The first kappa shape index (κ1) is 19.9. The van der Waals surface area contributed by atoms with Crippen LogP contribution in [-0.2, 0) is 14.8 Å². The van der Waals surface area contributed by atoms with Crippen molar-refractivity contribution in [2.45, 2.75) is 17.7 Å². The van der Waals surface area contributed by atoms with Crippen LogP contribution in [0.5, 0.6) is 0 Å². The molecule has 1 aliphatic rings. The number of halogens is 2. The number of hydrogen-bond acceptors (Lipinski definition) is 4. The topological polar surface area (TPSA) is 92.5 Å². The van der Waals surface area contributed by atoms with E-state index < -0.39 is 15.9 Å². The molecule has 0 aliphatic carbocycles. The second-order valence-corrected chi connectivity index (χ2v) is 9.11. The van der Waals surface area contributed by atoms with Crippen LogP contribution in [0.2, 0.25) is 10.0 Å². The van der Waals surface area contributed by atoms with Gasteiger partial charge < -0.3 is 11.1 Å². The summed E-state index contributed by atoms with van der Waals surface area (Å²) in [5, 5.41) is 3.24. The second kappa shape index (κ2) is 8.06. The Morgan fingerprint density at radius 3 is 2.41 bits per heavy atom. The van der Waals surface area contributed by atoms with Gasteiger partial charge in [0.15, 0.2) is 0 Å². The lowest BCUT2D eigenvalue weighted by atomic mass is 9.98. The van der Waals surface area contributed by atoms with Crippen LogP contribution in [0.15, 0.2) is 47.4 Å². The maximum atomic E-state index is 12.8. The molecule has 0 bridgehead atoms. The van der Waals surface area contributed by atoms with Gasteiger partial charge in [0.1, 0.15) is 0 Å². The fourth-order valence-corrected chi connectivity index (χ4v) is 5.05. The summed E-state index contributed by atoms with van der Waals surface area (Å²) in [5.41, 5.74) is 6.36. The number of anilines is 2. The number of nitrogen functional groups attached to an aromatic ring is 1.